The van der Waals surface area contributed by atoms with Gasteiger partial charge in [0.2, 0.25) is 0 Å². The van der Waals surface area contributed by atoms with E-state index in [4.69, 9.17) is 0 Å². The fraction of sp³-hybridized carbons (Fsp3) is 0.188. The molecular weight excluding hydrogens is 250 g/mol. The molecule has 0 saturated heterocycles. The highest BCUT2D eigenvalue weighted by Crippen LogP contribution is 2.34. The van der Waals surface area contributed by atoms with Gasteiger partial charge in [0.1, 0.15) is 22.9 Å². The number of rotatable bonds is 3. The van der Waals surface area contributed by atoms with Crippen LogP contribution < -0.4 is 5.32 Å². The van der Waals surface area contributed by atoms with E-state index in [0.717, 1.165) is 22.7 Å². The number of pyridine rings is 1. The van der Waals surface area contributed by atoms with Crippen molar-refractivity contribution in [3.63, 3.8) is 0 Å². The maximum atomic E-state index is 10.1. The highest BCUT2D eigenvalue weighted by atomic mass is 16.3. The lowest BCUT2D eigenvalue weighted by Gasteiger charge is -2.12. The van der Waals surface area contributed by atoms with Gasteiger partial charge in [0.25, 0.3) is 0 Å². The summed E-state index contributed by atoms with van der Waals surface area (Å²) < 4.78 is 2.00. The molecule has 0 aliphatic heterocycles. The number of imidazole rings is 1. The monoisotopic (exact) mass is 267 g/mol. The van der Waals surface area contributed by atoms with Gasteiger partial charge >= 0.3 is 0 Å². The molecule has 2 N–H and O–H groups in total. The number of aromatic hydroxyl groups is 1. The van der Waals surface area contributed by atoms with Crippen LogP contribution in [0.15, 0.2) is 48.7 Å². The lowest BCUT2D eigenvalue weighted by molar-refractivity contribution is 0.477. The molecule has 4 heteroatoms. The number of hydrogen-bond donors (Lipinski definition) is 2. The van der Waals surface area contributed by atoms with Crippen molar-refractivity contribution in [2.75, 3.05) is 5.32 Å². The third kappa shape index (κ3) is 2.09. The van der Waals surface area contributed by atoms with Gasteiger partial charge in [0.15, 0.2) is 0 Å². The summed E-state index contributed by atoms with van der Waals surface area (Å²) in [6.45, 7) is 4.16. The fourth-order valence-corrected chi connectivity index (χ4v) is 2.27. The Kier molecular flexibility index (Phi) is 3.06. The molecule has 3 rings (SSSR count). The van der Waals surface area contributed by atoms with E-state index in [9.17, 15) is 5.11 Å². The minimum absolute atomic E-state index is 0.239. The van der Waals surface area contributed by atoms with Crippen LogP contribution in [-0.4, -0.2) is 20.5 Å². The summed E-state index contributed by atoms with van der Waals surface area (Å²) >= 11 is 0. The summed E-state index contributed by atoms with van der Waals surface area (Å²) in [6, 6.07) is 13.4. The van der Waals surface area contributed by atoms with Crippen LogP contribution in [0.1, 0.15) is 13.8 Å². The van der Waals surface area contributed by atoms with Crippen LogP contribution in [0.2, 0.25) is 0 Å². The third-order valence-corrected chi connectivity index (χ3v) is 3.11. The summed E-state index contributed by atoms with van der Waals surface area (Å²) in [5.41, 5.74) is 2.36. The Hall–Kier alpha value is -2.49. The fourth-order valence-electron chi connectivity index (χ4n) is 2.27. The van der Waals surface area contributed by atoms with Crippen LogP contribution in [0.4, 0.5) is 5.82 Å². The molecule has 0 atom stereocenters. The molecule has 2 heterocycles. The minimum Gasteiger partial charge on any atom is -0.507 e. The second kappa shape index (κ2) is 4.89. The summed E-state index contributed by atoms with van der Waals surface area (Å²) in [7, 11) is 0. The molecule has 0 spiro atoms. The number of anilines is 1. The number of hydrogen-bond acceptors (Lipinski definition) is 3. The van der Waals surface area contributed by atoms with Crippen molar-refractivity contribution in [2.45, 2.75) is 19.9 Å². The summed E-state index contributed by atoms with van der Waals surface area (Å²) in [5.74, 6) is 1.14. The maximum Gasteiger partial charge on any atom is 0.139 e. The van der Waals surface area contributed by atoms with E-state index in [-0.39, 0.29) is 11.8 Å². The maximum absolute atomic E-state index is 10.1. The Morgan fingerprint density at radius 1 is 1.10 bits per heavy atom. The highest BCUT2D eigenvalue weighted by molar-refractivity contribution is 5.80. The number of para-hydroxylation sites is 1. The number of phenols is 1. The third-order valence-electron chi connectivity index (χ3n) is 3.11. The van der Waals surface area contributed by atoms with Crippen molar-refractivity contribution in [3.8, 4) is 17.0 Å². The Balaban J connectivity index is 2.26. The second-order valence-electron chi connectivity index (χ2n) is 5.05. The van der Waals surface area contributed by atoms with Gasteiger partial charge in [-0.05, 0) is 38.1 Å². The van der Waals surface area contributed by atoms with Crippen LogP contribution >= 0.6 is 0 Å². The van der Waals surface area contributed by atoms with Gasteiger partial charge < -0.3 is 10.4 Å². The van der Waals surface area contributed by atoms with Gasteiger partial charge in [-0.2, -0.15) is 0 Å². The number of aromatic nitrogens is 2. The van der Waals surface area contributed by atoms with E-state index in [0.29, 0.717) is 0 Å². The summed E-state index contributed by atoms with van der Waals surface area (Å²) in [5, 5.41) is 13.5. The zero-order chi connectivity index (χ0) is 14.1. The van der Waals surface area contributed by atoms with Crippen molar-refractivity contribution >= 4 is 11.5 Å². The molecule has 20 heavy (non-hydrogen) atoms. The van der Waals surface area contributed by atoms with Crippen LogP contribution in [0.5, 0.6) is 5.75 Å². The average Bonchev–Trinajstić information content (AvgIpc) is 2.78. The summed E-state index contributed by atoms with van der Waals surface area (Å²) in [4.78, 5) is 4.64. The van der Waals surface area contributed by atoms with Crippen molar-refractivity contribution in [3.05, 3.63) is 48.7 Å². The molecule has 0 bridgehead atoms. The van der Waals surface area contributed by atoms with Gasteiger partial charge in [0, 0.05) is 17.8 Å². The molecule has 0 saturated carbocycles. The van der Waals surface area contributed by atoms with Gasteiger partial charge in [-0.3, -0.25) is 4.40 Å². The number of fused-ring (bicyclic) bond motifs is 1. The normalized spacial score (nSPS) is 11.2. The Morgan fingerprint density at radius 2 is 1.85 bits per heavy atom. The van der Waals surface area contributed by atoms with Crippen LogP contribution in [0, 0.1) is 0 Å². The largest absolute Gasteiger partial charge is 0.507 e. The second-order valence-corrected chi connectivity index (χ2v) is 5.05. The first kappa shape index (κ1) is 12.5. The number of benzene rings is 1. The molecule has 2 aromatic heterocycles. The molecule has 0 fully saturated rings. The number of nitrogens with one attached hydrogen (secondary N) is 1. The average molecular weight is 267 g/mol. The molecule has 0 aliphatic rings. The molecule has 1 aromatic carbocycles. The van der Waals surface area contributed by atoms with E-state index in [2.05, 4.69) is 24.1 Å². The predicted molar refractivity (Wildman–Crippen MR) is 81.1 cm³/mol. The van der Waals surface area contributed by atoms with Gasteiger partial charge in [-0.1, -0.05) is 18.2 Å². The molecule has 102 valence electrons. The lowest BCUT2D eigenvalue weighted by Crippen LogP contribution is -2.12. The predicted octanol–water partition coefficient (Wildman–Crippen LogP) is 3.53. The van der Waals surface area contributed by atoms with Crippen LogP contribution in [-0.2, 0) is 0 Å². The molecule has 0 aliphatic carbocycles. The summed E-state index contributed by atoms with van der Waals surface area (Å²) in [6.07, 6.45) is 1.97. The first-order valence-electron chi connectivity index (χ1n) is 6.69. The zero-order valence-corrected chi connectivity index (χ0v) is 11.5. The molecule has 3 aromatic rings. The van der Waals surface area contributed by atoms with E-state index in [1.165, 1.54) is 0 Å². The lowest BCUT2D eigenvalue weighted by atomic mass is 10.1. The molecule has 0 radical (unpaired) electrons. The van der Waals surface area contributed by atoms with E-state index in [1.54, 1.807) is 6.07 Å². The topological polar surface area (TPSA) is 49.6 Å². The van der Waals surface area contributed by atoms with Gasteiger partial charge in [-0.15, -0.1) is 0 Å². The van der Waals surface area contributed by atoms with Gasteiger partial charge in [-0.25, -0.2) is 4.98 Å². The Bertz CT molecular complexity index is 746. The molecule has 0 unspecified atom stereocenters. The van der Waals surface area contributed by atoms with Crippen molar-refractivity contribution < 1.29 is 5.11 Å². The minimum atomic E-state index is 0.239. The standard InChI is InChI=1S/C16H17N3O/c1-11(2)17-16-15(12-7-3-4-8-13(12)20)18-14-9-5-6-10-19(14)16/h3-11,17,20H,1-2H3. The van der Waals surface area contributed by atoms with E-state index >= 15 is 0 Å². The number of nitrogens with zero attached hydrogens (tertiary/aromatic N) is 2. The van der Waals surface area contributed by atoms with E-state index < -0.39 is 0 Å². The van der Waals surface area contributed by atoms with Crippen molar-refractivity contribution in [2.24, 2.45) is 0 Å². The highest BCUT2D eigenvalue weighted by Gasteiger charge is 2.16. The van der Waals surface area contributed by atoms with Crippen LogP contribution in [0.25, 0.3) is 16.9 Å². The van der Waals surface area contributed by atoms with Crippen molar-refractivity contribution in [1.82, 2.24) is 9.38 Å². The van der Waals surface area contributed by atoms with E-state index in [1.807, 2.05) is 47.0 Å². The first-order chi connectivity index (χ1) is 9.66. The van der Waals surface area contributed by atoms with Gasteiger partial charge in [0.05, 0.1) is 0 Å². The quantitative estimate of drug-likeness (QED) is 0.763. The molecular formula is C16H17N3O. The first-order valence-corrected chi connectivity index (χ1v) is 6.69. The molecule has 4 nitrogen and oxygen atoms in total. The van der Waals surface area contributed by atoms with Crippen LogP contribution in [0.3, 0.4) is 0 Å². The molecule has 0 amide bonds. The van der Waals surface area contributed by atoms with Crippen molar-refractivity contribution in [1.29, 1.82) is 0 Å². The Morgan fingerprint density at radius 3 is 2.60 bits per heavy atom. The zero-order valence-electron chi connectivity index (χ0n) is 11.5. The Labute approximate surface area is 117 Å². The SMILES string of the molecule is CC(C)Nc1c(-c2ccccc2O)nc2ccccn12. The smallest absolute Gasteiger partial charge is 0.139 e. The number of phenolic OH excluding ortho intramolecular Hbond substituents is 1.